The summed E-state index contributed by atoms with van der Waals surface area (Å²) in [6, 6.07) is 13.5. The molecule has 0 spiro atoms. The van der Waals surface area contributed by atoms with Gasteiger partial charge >= 0.3 is 12.2 Å². The molecule has 2 atom stereocenters. The number of alkyl carbamates (subject to hydrolysis) is 1. The zero-order chi connectivity index (χ0) is 30.8. The number of carbonyl (C=O) groups is 4. The Labute approximate surface area is 247 Å². The van der Waals surface area contributed by atoms with Crippen molar-refractivity contribution in [3.63, 3.8) is 0 Å². The number of amides is 4. The number of anilines is 1. The fourth-order valence-corrected chi connectivity index (χ4v) is 5.43. The van der Waals surface area contributed by atoms with Gasteiger partial charge in [0.2, 0.25) is 11.8 Å². The molecule has 2 unspecified atom stereocenters. The Hall–Kier alpha value is -4.08. The van der Waals surface area contributed by atoms with E-state index in [0.717, 1.165) is 27.9 Å². The Morgan fingerprint density at radius 3 is 2.29 bits per heavy atom. The monoisotopic (exact) mass is 578 g/mol. The molecule has 4 rings (SSSR count). The van der Waals surface area contributed by atoms with E-state index in [1.807, 2.05) is 49.4 Å². The third kappa shape index (κ3) is 7.40. The number of hydrogen-bond acceptors (Lipinski definition) is 6. The van der Waals surface area contributed by atoms with Crippen molar-refractivity contribution in [2.45, 2.75) is 85.2 Å². The predicted octanol–water partition coefficient (Wildman–Crippen LogP) is 5.25. The van der Waals surface area contributed by atoms with Crippen LogP contribution in [-0.2, 0) is 25.6 Å². The second kappa shape index (κ2) is 12.4. The molecule has 0 saturated carbocycles. The molecule has 0 radical (unpaired) electrons. The van der Waals surface area contributed by atoms with Gasteiger partial charge in [0.25, 0.3) is 0 Å². The van der Waals surface area contributed by atoms with Gasteiger partial charge in [-0.25, -0.2) is 9.59 Å². The SMILES string of the molecule is CC(=O)N1c2ccc(-c3ccc(CN4CCN(C(=O)OC(C)(C)C)CC4=O)cc3)cc2C(NC(=O)OC(C)C)CC1C. The Morgan fingerprint density at radius 2 is 1.69 bits per heavy atom. The van der Waals surface area contributed by atoms with Gasteiger partial charge in [-0.05, 0) is 82.3 Å². The van der Waals surface area contributed by atoms with E-state index in [2.05, 4.69) is 5.32 Å². The molecule has 2 aromatic rings. The minimum absolute atomic E-state index is 0.00205. The van der Waals surface area contributed by atoms with E-state index in [9.17, 15) is 19.2 Å². The maximum Gasteiger partial charge on any atom is 0.410 e. The number of carbonyl (C=O) groups excluding carboxylic acids is 4. The Balaban J connectivity index is 1.48. The van der Waals surface area contributed by atoms with Gasteiger partial charge in [-0.1, -0.05) is 30.3 Å². The number of rotatable bonds is 5. The molecular formula is C32H42N4O6. The van der Waals surface area contributed by atoms with Gasteiger partial charge in [-0.2, -0.15) is 0 Å². The summed E-state index contributed by atoms with van der Waals surface area (Å²) in [5.74, 6) is -0.171. The first-order valence-electron chi connectivity index (χ1n) is 14.5. The van der Waals surface area contributed by atoms with Gasteiger partial charge in [-0.15, -0.1) is 0 Å². The van der Waals surface area contributed by atoms with Crippen LogP contribution >= 0.6 is 0 Å². The second-order valence-electron chi connectivity index (χ2n) is 12.3. The lowest BCUT2D eigenvalue weighted by Crippen LogP contribution is -2.52. The number of nitrogens with zero attached hydrogens (tertiary/aromatic N) is 3. The molecule has 0 aromatic heterocycles. The molecule has 0 aliphatic carbocycles. The summed E-state index contributed by atoms with van der Waals surface area (Å²) in [6.07, 6.45) is -0.633. The molecule has 2 heterocycles. The number of benzene rings is 2. The lowest BCUT2D eigenvalue weighted by Gasteiger charge is -2.39. The summed E-state index contributed by atoms with van der Waals surface area (Å²) < 4.78 is 10.7. The summed E-state index contributed by atoms with van der Waals surface area (Å²) in [5, 5.41) is 2.99. The van der Waals surface area contributed by atoms with Gasteiger partial charge in [-0.3, -0.25) is 14.5 Å². The number of nitrogens with one attached hydrogen (secondary N) is 1. The van der Waals surface area contributed by atoms with Crippen molar-refractivity contribution >= 4 is 29.7 Å². The molecule has 1 N–H and O–H groups in total. The number of ether oxygens (including phenoxy) is 2. The Kier molecular flexibility index (Phi) is 9.13. The lowest BCUT2D eigenvalue weighted by molar-refractivity contribution is -0.136. The van der Waals surface area contributed by atoms with E-state index in [4.69, 9.17) is 9.47 Å². The van der Waals surface area contributed by atoms with Gasteiger partial charge in [0, 0.05) is 38.3 Å². The summed E-state index contributed by atoms with van der Waals surface area (Å²) >= 11 is 0. The number of hydrogen-bond donors (Lipinski definition) is 1. The molecule has 42 heavy (non-hydrogen) atoms. The minimum atomic E-state index is -0.612. The summed E-state index contributed by atoms with van der Waals surface area (Å²) in [5.41, 5.74) is 3.92. The number of fused-ring (bicyclic) bond motifs is 1. The average molecular weight is 579 g/mol. The van der Waals surface area contributed by atoms with Crippen molar-refractivity contribution in [3.8, 4) is 11.1 Å². The molecule has 0 bridgehead atoms. The van der Waals surface area contributed by atoms with E-state index >= 15 is 0 Å². The first-order valence-corrected chi connectivity index (χ1v) is 14.5. The Bertz CT molecular complexity index is 1330. The molecule has 10 nitrogen and oxygen atoms in total. The van der Waals surface area contributed by atoms with Crippen molar-refractivity contribution < 1.29 is 28.7 Å². The van der Waals surface area contributed by atoms with E-state index in [1.54, 1.807) is 51.3 Å². The van der Waals surface area contributed by atoms with Crippen molar-refractivity contribution in [2.75, 3.05) is 24.5 Å². The smallest absolute Gasteiger partial charge is 0.410 e. The van der Waals surface area contributed by atoms with Crippen LogP contribution in [0.25, 0.3) is 11.1 Å². The molecule has 1 saturated heterocycles. The average Bonchev–Trinajstić information content (AvgIpc) is 2.88. The third-order valence-electron chi connectivity index (χ3n) is 7.29. The zero-order valence-electron chi connectivity index (χ0n) is 25.6. The van der Waals surface area contributed by atoms with Crippen LogP contribution in [0.3, 0.4) is 0 Å². The maximum atomic E-state index is 12.8. The van der Waals surface area contributed by atoms with E-state index < -0.39 is 17.8 Å². The fraction of sp³-hybridized carbons (Fsp3) is 0.500. The fourth-order valence-electron chi connectivity index (χ4n) is 5.43. The van der Waals surface area contributed by atoms with Gasteiger partial charge < -0.3 is 24.6 Å². The van der Waals surface area contributed by atoms with Crippen LogP contribution in [0.4, 0.5) is 15.3 Å². The van der Waals surface area contributed by atoms with Gasteiger partial charge in [0.1, 0.15) is 12.1 Å². The van der Waals surface area contributed by atoms with Crippen LogP contribution in [0.1, 0.15) is 72.1 Å². The van der Waals surface area contributed by atoms with Crippen molar-refractivity contribution in [3.05, 3.63) is 53.6 Å². The largest absolute Gasteiger partial charge is 0.447 e. The van der Waals surface area contributed by atoms with E-state index in [1.165, 1.54) is 4.90 Å². The highest BCUT2D eigenvalue weighted by molar-refractivity contribution is 5.94. The molecule has 2 aromatic carbocycles. The standard InChI is InChI=1S/C32H42N4O6/c1-20(2)41-30(39)33-27-16-21(3)36(22(4)37)28-13-12-25(17-26(27)28)24-10-8-23(9-11-24)18-34-14-15-35(19-29(34)38)31(40)42-32(5,6)7/h8-13,17,20-21,27H,14-16,18-19H2,1-7H3,(H,33,39). The molecule has 2 aliphatic rings. The summed E-state index contributed by atoms with van der Waals surface area (Å²) in [6.45, 7) is 13.8. The molecule has 4 amide bonds. The second-order valence-corrected chi connectivity index (χ2v) is 12.3. The quantitative estimate of drug-likeness (QED) is 0.519. The van der Waals surface area contributed by atoms with Crippen LogP contribution in [0.5, 0.6) is 0 Å². The first kappa shape index (κ1) is 30.9. The summed E-state index contributed by atoms with van der Waals surface area (Å²) in [4.78, 5) is 55.1. The van der Waals surface area contributed by atoms with E-state index in [0.29, 0.717) is 26.1 Å². The molecular weight excluding hydrogens is 536 g/mol. The highest BCUT2D eigenvalue weighted by Gasteiger charge is 2.34. The van der Waals surface area contributed by atoms with Crippen molar-refractivity contribution in [2.24, 2.45) is 0 Å². The van der Waals surface area contributed by atoms with Gasteiger partial charge in [0.15, 0.2) is 0 Å². The summed E-state index contributed by atoms with van der Waals surface area (Å²) in [7, 11) is 0. The highest BCUT2D eigenvalue weighted by atomic mass is 16.6. The van der Waals surface area contributed by atoms with Crippen LogP contribution in [0.2, 0.25) is 0 Å². The Morgan fingerprint density at radius 1 is 1.02 bits per heavy atom. The van der Waals surface area contributed by atoms with Crippen molar-refractivity contribution in [1.82, 2.24) is 15.1 Å². The van der Waals surface area contributed by atoms with Crippen LogP contribution in [0.15, 0.2) is 42.5 Å². The lowest BCUT2D eigenvalue weighted by atomic mass is 9.89. The molecule has 1 fully saturated rings. The normalized spacial score (nSPS) is 19.0. The van der Waals surface area contributed by atoms with Crippen LogP contribution < -0.4 is 10.2 Å². The molecule has 2 aliphatic heterocycles. The first-order chi connectivity index (χ1) is 19.7. The predicted molar refractivity (Wildman–Crippen MR) is 160 cm³/mol. The third-order valence-corrected chi connectivity index (χ3v) is 7.29. The molecule has 10 heteroatoms. The zero-order valence-corrected chi connectivity index (χ0v) is 25.6. The molecule has 226 valence electrons. The highest BCUT2D eigenvalue weighted by Crippen LogP contribution is 2.39. The van der Waals surface area contributed by atoms with Crippen LogP contribution in [-0.4, -0.2) is 71.2 Å². The van der Waals surface area contributed by atoms with Crippen molar-refractivity contribution in [1.29, 1.82) is 0 Å². The topological polar surface area (TPSA) is 108 Å². The minimum Gasteiger partial charge on any atom is -0.447 e. The number of piperazine rings is 1. The van der Waals surface area contributed by atoms with Crippen LogP contribution in [0, 0.1) is 0 Å². The van der Waals surface area contributed by atoms with E-state index in [-0.39, 0.29) is 36.5 Å². The van der Waals surface area contributed by atoms with Gasteiger partial charge in [0.05, 0.1) is 12.1 Å². The maximum absolute atomic E-state index is 12.8.